The summed E-state index contributed by atoms with van der Waals surface area (Å²) in [4.78, 5) is 4.13. The Morgan fingerprint density at radius 1 is 1.16 bits per heavy atom. The van der Waals surface area contributed by atoms with Crippen molar-refractivity contribution in [3.63, 3.8) is 0 Å². The van der Waals surface area contributed by atoms with Crippen LogP contribution in [0.4, 0.5) is 0 Å². The third kappa shape index (κ3) is 5.41. The van der Waals surface area contributed by atoms with E-state index in [1.165, 1.54) is 5.56 Å². The van der Waals surface area contributed by atoms with Crippen LogP contribution in [0, 0.1) is 0 Å². The second kappa shape index (κ2) is 7.92. The highest BCUT2D eigenvalue weighted by molar-refractivity contribution is 9.10. The van der Waals surface area contributed by atoms with Gasteiger partial charge in [-0.1, -0.05) is 18.2 Å². The summed E-state index contributed by atoms with van der Waals surface area (Å²) in [5, 5.41) is 3.37. The molecule has 2 rings (SSSR count). The lowest BCUT2D eigenvalue weighted by Crippen LogP contribution is -2.17. The molecule has 0 amide bonds. The van der Waals surface area contributed by atoms with Crippen LogP contribution in [0.15, 0.2) is 53.3 Å². The fourth-order valence-corrected chi connectivity index (χ4v) is 2.10. The Kier molecular flexibility index (Phi) is 5.85. The molecule has 0 atom stereocenters. The SMILES string of the molecule is Brc1cncc(CNCCCOc2ccccc2)c1. The van der Waals surface area contributed by atoms with Gasteiger partial charge in [0, 0.05) is 23.4 Å². The van der Waals surface area contributed by atoms with Gasteiger partial charge in [0.2, 0.25) is 0 Å². The molecule has 1 N–H and O–H groups in total. The van der Waals surface area contributed by atoms with E-state index < -0.39 is 0 Å². The summed E-state index contributed by atoms with van der Waals surface area (Å²) < 4.78 is 6.63. The van der Waals surface area contributed by atoms with Crippen LogP contribution in [0.3, 0.4) is 0 Å². The summed E-state index contributed by atoms with van der Waals surface area (Å²) in [5.74, 6) is 0.929. The smallest absolute Gasteiger partial charge is 0.119 e. The van der Waals surface area contributed by atoms with Gasteiger partial charge in [0.05, 0.1) is 6.61 Å². The number of benzene rings is 1. The van der Waals surface area contributed by atoms with Gasteiger partial charge in [0.25, 0.3) is 0 Å². The summed E-state index contributed by atoms with van der Waals surface area (Å²) >= 11 is 3.41. The lowest BCUT2D eigenvalue weighted by atomic mass is 10.3. The zero-order chi connectivity index (χ0) is 13.3. The van der Waals surface area contributed by atoms with Crippen molar-refractivity contribution in [1.82, 2.24) is 10.3 Å². The third-order valence-corrected chi connectivity index (χ3v) is 3.03. The number of hydrogen-bond acceptors (Lipinski definition) is 3. The van der Waals surface area contributed by atoms with Crippen LogP contribution in [0.2, 0.25) is 0 Å². The molecule has 0 aliphatic carbocycles. The van der Waals surface area contributed by atoms with E-state index in [4.69, 9.17) is 4.74 Å². The predicted molar refractivity (Wildman–Crippen MR) is 80.2 cm³/mol. The first-order chi connectivity index (χ1) is 9.34. The van der Waals surface area contributed by atoms with Crippen LogP contribution in [0.5, 0.6) is 5.75 Å². The quantitative estimate of drug-likeness (QED) is 0.794. The van der Waals surface area contributed by atoms with Crippen molar-refractivity contribution in [2.75, 3.05) is 13.2 Å². The van der Waals surface area contributed by atoms with Crippen LogP contribution in [0.25, 0.3) is 0 Å². The van der Waals surface area contributed by atoms with Crippen molar-refractivity contribution < 1.29 is 4.74 Å². The molecule has 0 aliphatic heterocycles. The van der Waals surface area contributed by atoms with Gasteiger partial charge in [0.15, 0.2) is 0 Å². The maximum Gasteiger partial charge on any atom is 0.119 e. The van der Waals surface area contributed by atoms with Gasteiger partial charge >= 0.3 is 0 Å². The first-order valence-electron chi connectivity index (χ1n) is 6.32. The van der Waals surface area contributed by atoms with Crippen molar-refractivity contribution in [3.05, 3.63) is 58.8 Å². The number of aromatic nitrogens is 1. The van der Waals surface area contributed by atoms with Crippen molar-refractivity contribution in [3.8, 4) is 5.75 Å². The Balaban J connectivity index is 1.58. The van der Waals surface area contributed by atoms with Gasteiger partial charge in [0.1, 0.15) is 5.75 Å². The number of rotatable bonds is 7. The number of halogens is 1. The molecule has 0 aliphatic rings. The summed E-state index contributed by atoms with van der Waals surface area (Å²) in [6.45, 7) is 2.49. The van der Waals surface area contributed by atoms with Crippen LogP contribution < -0.4 is 10.1 Å². The Morgan fingerprint density at radius 3 is 2.79 bits per heavy atom. The minimum Gasteiger partial charge on any atom is -0.494 e. The number of para-hydroxylation sites is 1. The number of ether oxygens (including phenoxy) is 1. The average molecular weight is 321 g/mol. The van der Waals surface area contributed by atoms with Crippen molar-refractivity contribution in [1.29, 1.82) is 0 Å². The first kappa shape index (κ1) is 14.0. The van der Waals surface area contributed by atoms with Crippen LogP contribution >= 0.6 is 15.9 Å². The molecule has 19 heavy (non-hydrogen) atoms. The van der Waals surface area contributed by atoms with Crippen molar-refractivity contribution in [2.24, 2.45) is 0 Å². The topological polar surface area (TPSA) is 34.2 Å². The molecule has 1 aromatic carbocycles. The molecule has 0 bridgehead atoms. The Hall–Kier alpha value is -1.39. The molecule has 1 heterocycles. The van der Waals surface area contributed by atoms with E-state index in [1.54, 1.807) is 6.20 Å². The highest BCUT2D eigenvalue weighted by atomic mass is 79.9. The normalized spacial score (nSPS) is 10.4. The van der Waals surface area contributed by atoms with Crippen molar-refractivity contribution >= 4 is 15.9 Å². The monoisotopic (exact) mass is 320 g/mol. The fourth-order valence-electron chi connectivity index (χ4n) is 1.69. The number of hydrogen-bond donors (Lipinski definition) is 1. The lowest BCUT2D eigenvalue weighted by molar-refractivity contribution is 0.308. The summed E-state index contributed by atoms with van der Waals surface area (Å²) in [5.41, 5.74) is 1.18. The molecule has 0 saturated heterocycles. The third-order valence-electron chi connectivity index (χ3n) is 2.60. The van der Waals surface area contributed by atoms with Crippen molar-refractivity contribution in [2.45, 2.75) is 13.0 Å². The van der Waals surface area contributed by atoms with Gasteiger partial charge in [-0.15, -0.1) is 0 Å². The average Bonchev–Trinajstić information content (AvgIpc) is 2.44. The van der Waals surface area contributed by atoms with Crippen LogP contribution in [-0.4, -0.2) is 18.1 Å². The largest absolute Gasteiger partial charge is 0.494 e. The molecule has 0 unspecified atom stereocenters. The van der Waals surface area contributed by atoms with Gasteiger partial charge < -0.3 is 10.1 Å². The van der Waals surface area contributed by atoms with E-state index in [1.807, 2.05) is 36.5 Å². The van der Waals surface area contributed by atoms with Gasteiger partial charge in [-0.2, -0.15) is 0 Å². The molecule has 0 spiro atoms. The van der Waals surface area contributed by atoms with E-state index in [9.17, 15) is 0 Å². The first-order valence-corrected chi connectivity index (χ1v) is 7.12. The van der Waals surface area contributed by atoms with E-state index in [2.05, 4.69) is 32.3 Å². The van der Waals surface area contributed by atoms with Gasteiger partial charge in [-0.25, -0.2) is 0 Å². The molecule has 3 nitrogen and oxygen atoms in total. The minimum atomic E-state index is 0.730. The van der Waals surface area contributed by atoms with Crippen LogP contribution in [0.1, 0.15) is 12.0 Å². The van der Waals surface area contributed by atoms with Crippen LogP contribution in [-0.2, 0) is 6.54 Å². The molecule has 0 radical (unpaired) electrons. The summed E-state index contributed by atoms with van der Waals surface area (Å²) in [6, 6.07) is 12.0. The van der Waals surface area contributed by atoms with Gasteiger partial charge in [-0.3, -0.25) is 4.98 Å². The molecular formula is C15H17BrN2O. The highest BCUT2D eigenvalue weighted by Crippen LogP contribution is 2.09. The predicted octanol–water partition coefficient (Wildman–Crippen LogP) is 3.40. The van der Waals surface area contributed by atoms with E-state index in [-0.39, 0.29) is 0 Å². The second-order valence-electron chi connectivity index (χ2n) is 4.20. The number of pyridine rings is 1. The number of nitrogens with zero attached hydrogens (tertiary/aromatic N) is 1. The Labute approximate surface area is 122 Å². The van der Waals surface area contributed by atoms with Gasteiger partial charge in [-0.05, 0) is 52.7 Å². The standard InChI is InChI=1S/C15H17BrN2O/c16-14-9-13(11-18-12-14)10-17-7-4-8-19-15-5-2-1-3-6-15/h1-3,5-6,9,11-12,17H,4,7-8,10H2. The van der Waals surface area contributed by atoms with E-state index in [0.717, 1.165) is 36.3 Å². The molecule has 4 heteroatoms. The number of nitrogens with one attached hydrogen (secondary N) is 1. The maximum absolute atomic E-state index is 5.62. The minimum absolute atomic E-state index is 0.730. The van der Waals surface area contributed by atoms with E-state index >= 15 is 0 Å². The molecular weight excluding hydrogens is 304 g/mol. The van der Waals surface area contributed by atoms with E-state index in [0.29, 0.717) is 0 Å². The Morgan fingerprint density at radius 2 is 2.00 bits per heavy atom. The molecule has 100 valence electrons. The fraction of sp³-hybridized carbons (Fsp3) is 0.267. The maximum atomic E-state index is 5.62. The second-order valence-corrected chi connectivity index (χ2v) is 5.12. The Bertz CT molecular complexity index is 491. The highest BCUT2D eigenvalue weighted by Gasteiger charge is 1.95. The molecule has 0 saturated carbocycles. The lowest BCUT2D eigenvalue weighted by Gasteiger charge is -2.07. The summed E-state index contributed by atoms with van der Waals surface area (Å²) in [6.07, 6.45) is 4.64. The summed E-state index contributed by atoms with van der Waals surface area (Å²) in [7, 11) is 0. The molecule has 0 fully saturated rings. The zero-order valence-electron chi connectivity index (χ0n) is 10.7. The molecule has 1 aromatic heterocycles. The molecule has 2 aromatic rings. The zero-order valence-corrected chi connectivity index (χ0v) is 12.3.